The molecule has 2 heterocycles. The van der Waals surface area contributed by atoms with E-state index in [0.29, 0.717) is 30.1 Å². The molecule has 7 atom stereocenters. The molecule has 1 aromatic rings. The van der Waals surface area contributed by atoms with Crippen LogP contribution in [0.1, 0.15) is 64.5 Å². The fourth-order valence-electron chi connectivity index (χ4n) is 7.76. The van der Waals surface area contributed by atoms with Crippen LogP contribution < -0.4 is 10.6 Å². The Hall–Kier alpha value is -2.17. The highest BCUT2D eigenvalue weighted by atomic mass is 16.2. The summed E-state index contributed by atoms with van der Waals surface area (Å²) in [5, 5.41) is 6.30. The largest absolute Gasteiger partial charge is 0.349 e. The fourth-order valence-corrected chi connectivity index (χ4v) is 7.76. The summed E-state index contributed by atoms with van der Waals surface area (Å²) in [6.07, 6.45) is 13.4. The van der Waals surface area contributed by atoms with Gasteiger partial charge in [0.05, 0.1) is 11.9 Å². The lowest BCUT2D eigenvalue weighted by Gasteiger charge is -2.59. The Bertz CT molecular complexity index is 910. The number of pyridine rings is 1. The van der Waals surface area contributed by atoms with Crippen LogP contribution in [0.2, 0.25) is 0 Å². The first-order valence-corrected chi connectivity index (χ1v) is 12.0. The quantitative estimate of drug-likeness (QED) is 0.747. The number of nitrogens with one attached hydrogen (secondary N) is 2. The van der Waals surface area contributed by atoms with E-state index >= 15 is 0 Å². The Morgan fingerprint density at radius 1 is 1.16 bits per heavy atom. The lowest BCUT2D eigenvalue weighted by atomic mass is 9.48. The Labute approximate surface area is 185 Å². The summed E-state index contributed by atoms with van der Waals surface area (Å²) in [4.78, 5) is 29.0. The summed E-state index contributed by atoms with van der Waals surface area (Å²) < 4.78 is 0. The smallest absolute Gasteiger partial charge is 0.243 e. The molecule has 3 saturated carbocycles. The lowest BCUT2D eigenvalue weighted by molar-refractivity contribution is -0.123. The summed E-state index contributed by atoms with van der Waals surface area (Å²) >= 11 is 0. The molecule has 5 heteroatoms. The van der Waals surface area contributed by atoms with Crippen LogP contribution in [0.25, 0.3) is 0 Å². The molecular formula is C26H35N3O2. The summed E-state index contributed by atoms with van der Waals surface area (Å²) in [5.74, 6) is 2.66. The van der Waals surface area contributed by atoms with Crippen LogP contribution >= 0.6 is 0 Å². The first kappa shape index (κ1) is 20.7. The number of aryl methyl sites for hydroxylation is 1. The van der Waals surface area contributed by atoms with Gasteiger partial charge in [-0.2, -0.15) is 0 Å². The van der Waals surface area contributed by atoms with Crippen molar-refractivity contribution in [2.45, 2.75) is 71.8 Å². The Morgan fingerprint density at radius 2 is 2.00 bits per heavy atom. The van der Waals surface area contributed by atoms with Crippen molar-refractivity contribution in [2.75, 3.05) is 5.32 Å². The van der Waals surface area contributed by atoms with Gasteiger partial charge in [0.2, 0.25) is 11.8 Å². The van der Waals surface area contributed by atoms with Gasteiger partial charge in [0, 0.05) is 23.6 Å². The maximum Gasteiger partial charge on any atom is 0.243 e. The monoisotopic (exact) mass is 421 g/mol. The average Bonchev–Trinajstić information content (AvgIpc) is 3.06. The minimum Gasteiger partial charge on any atom is -0.349 e. The molecule has 3 aliphatic carbocycles. The van der Waals surface area contributed by atoms with E-state index in [4.69, 9.17) is 0 Å². The highest BCUT2D eigenvalue weighted by Gasteiger charge is 2.59. The number of hydrogen-bond acceptors (Lipinski definition) is 3. The standard InChI is InChI=1S/C26H35N3O2/c1-16-4-6-18(15-27-16)28-24(31)14-17-5-8-20-19-7-9-22-26(3,13-11-23(30)29-22)21(19)10-12-25(17,20)2/h4,6,11,13,15,17,19-22H,5,7-10,12,14H2,1-3H3,(H,28,31)(H,29,30)/t17-,19+,20+,21+,22-,25-,26-/m1/s1. The zero-order valence-corrected chi connectivity index (χ0v) is 19.0. The molecule has 2 N–H and O–H groups in total. The minimum absolute atomic E-state index is 0.0669. The third-order valence-electron chi connectivity index (χ3n) is 9.51. The van der Waals surface area contributed by atoms with E-state index in [9.17, 15) is 9.59 Å². The van der Waals surface area contributed by atoms with Gasteiger partial charge in [0.15, 0.2) is 0 Å². The summed E-state index contributed by atoms with van der Waals surface area (Å²) in [6, 6.07) is 4.14. The summed E-state index contributed by atoms with van der Waals surface area (Å²) in [6.45, 7) is 6.77. The molecule has 0 unspecified atom stereocenters. The maximum absolute atomic E-state index is 12.8. The first-order valence-electron chi connectivity index (χ1n) is 12.0. The number of nitrogens with zero attached hydrogens (tertiary/aromatic N) is 1. The average molecular weight is 422 g/mol. The zero-order chi connectivity index (χ0) is 21.8. The molecule has 2 amide bonds. The Balaban J connectivity index is 1.30. The van der Waals surface area contributed by atoms with Crippen molar-refractivity contribution in [1.29, 1.82) is 0 Å². The van der Waals surface area contributed by atoms with Crippen LogP contribution in [0.4, 0.5) is 5.69 Å². The molecular weight excluding hydrogens is 386 g/mol. The topological polar surface area (TPSA) is 71.1 Å². The molecule has 0 bridgehead atoms. The van der Waals surface area contributed by atoms with Crippen molar-refractivity contribution in [3.05, 3.63) is 36.2 Å². The number of carbonyl (C=O) groups is 2. The highest BCUT2D eigenvalue weighted by Crippen LogP contribution is 2.65. The molecule has 0 radical (unpaired) electrons. The second-order valence-electron chi connectivity index (χ2n) is 11.0. The van der Waals surface area contributed by atoms with Crippen LogP contribution in [0, 0.1) is 41.4 Å². The van der Waals surface area contributed by atoms with Crippen molar-refractivity contribution in [1.82, 2.24) is 10.3 Å². The van der Waals surface area contributed by atoms with Gasteiger partial charge in [-0.05, 0) is 92.7 Å². The lowest BCUT2D eigenvalue weighted by Crippen LogP contribution is -2.59. The molecule has 3 fully saturated rings. The number of hydrogen-bond donors (Lipinski definition) is 2. The van der Waals surface area contributed by atoms with E-state index < -0.39 is 0 Å². The SMILES string of the molecule is Cc1ccc(NC(=O)C[C@H]2CC[C@H]3[C@@H]4CC[C@H]5NC(=O)C=C[C@]5(C)[C@H]4CC[C@]23C)cn1. The van der Waals surface area contributed by atoms with Gasteiger partial charge in [0.1, 0.15) is 0 Å². The van der Waals surface area contributed by atoms with Crippen LogP contribution in [0.3, 0.4) is 0 Å². The minimum atomic E-state index is 0.0669. The van der Waals surface area contributed by atoms with Gasteiger partial charge in [-0.25, -0.2) is 0 Å². The number of anilines is 1. The van der Waals surface area contributed by atoms with Crippen LogP contribution in [0.15, 0.2) is 30.5 Å². The van der Waals surface area contributed by atoms with Crippen molar-refractivity contribution in [3.63, 3.8) is 0 Å². The van der Waals surface area contributed by atoms with E-state index in [1.807, 2.05) is 19.1 Å². The Morgan fingerprint density at radius 3 is 2.77 bits per heavy atom. The van der Waals surface area contributed by atoms with Gasteiger partial charge in [0.25, 0.3) is 0 Å². The van der Waals surface area contributed by atoms with E-state index in [1.165, 1.54) is 25.7 Å². The van der Waals surface area contributed by atoms with Crippen LogP contribution in [-0.2, 0) is 9.59 Å². The predicted molar refractivity (Wildman–Crippen MR) is 121 cm³/mol. The molecule has 0 saturated heterocycles. The van der Waals surface area contributed by atoms with Gasteiger partial charge in [-0.1, -0.05) is 19.9 Å². The molecule has 0 spiro atoms. The number of aromatic nitrogens is 1. The van der Waals surface area contributed by atoms with Crippen molar-refractivity contribution < 1.29 is 9.59 Å². The maximum atomic E-state index is 12.8. The fraction of sp³-hybridized carbons (Fsp3) is 0.654. The predicted octanol–water partition coefficient (Wildman–Crippen LogP) is 4.63. The normalized spacial score (nSPS) is 41.0. The second kappa shape index (κ2) is 7.46. The highest BCUT2D eigenvalue weighted by molar-refractivity contribution is 5.90. The van der Waals surface area contributed by atoms with Crippen molar-refractivity contribution in [2.24, 2.45) is 34.5 Å². The van der Waals surface area contributed by atoms with Crippen molar-refractivity contribution in [3.8, 4) is 0 Å². The molecule has 5 nitrogen and oxygen atoms in total. The molecule has 1 aromatic heterocycles. The molecule has 1 aliphatic heterocycles. The van der Waals surface area contributed by atoms with E-state index in [2.05, 4.69) is 35.5 Å². The van der Waals surface area contributed by atoms with Crippen LogP contribution in [-0.4, -0.2) is 22.8 Å². The van der Waals surface area contributed by atoms with E-state index in [1.54, 1.807) is 12.3 Å². The summed E-state index contributed by atoms with van der Waals surface area (Å²) in [5.41, 5.74) is 2.06. The van der Waals surface area contributed by atoms with Gasteiger partial charge in [-0.15, -0.1) is 0 Å². The van der Waals surface area contributed by atoms with Gasteiger partial charge in [-0.3, -0.25) is 14.6 Å². The van der Waals surface area contributed by atoms with E-state index in [-0.39, 0.29) is 28.7 Å². The molecule has 31 heavy (non-hydrogen) atoms. The number of amides is 2. The van der Waals surface area contributed by atoms with E-state index in [0.717, 1.165) is 24.2 Å². The molecule has 4 aliphatic rings. The zero-order valence-electron chi connectivity index (χ0n) is 19.0. The molecule has 0 aromatic carbocycles. The Kier molecular flexibility index (Phi) is 4.98. The van der Waals surface area contributed by atoms with Crippen LogP contribution in [0.5, 0.6) is 0 Å². The second-order valence-corrected chi connectivity index (χ2v) is 11.0. The molecule has 166 valence electrons. The number of carbonyl (C=O) groups excluding carboxylic acids is 2. The molecule has 5 rings (SSSR count). The number of fused-ring (bicyclic) bond motifs is 5. The first-order chi connectivity index (χ1) is 14.8. The third-order valence-corrected chi connectivity index (χ3v) is 9.51. The van der Waals surface area contributed by atoms with Crippen molar-refractivity contribution >= 4 is 17.5 Å². The third kappa shape index (κ3) is 3.41. The summed E-state index contributed by atoms with van der Waals surface area (Å²) in [7, 11) is 0. The number of rotatable bonds is 3. The van der Waals surface area contributed by atoms with Gasteiger partial charge >= 0.3 is 0 Å². The van der Waals surface area contributed by atoms with Gasteiger partial charge < -0.3 is 10.6 Å².